The Balaban J connectivity index is 2.32. The van der Waals surface area contributed by atoms with Gasteiger partial charge in [-0.15, -0.1) is 0 Å². The highest BCUT2D eigenvalue weighted by Crippen LogP contribution is 2.12. The van der Waals surface area contributed by atoms with E-state index >= 15 is 0 Å². The van der Waals surface area contributed by atoms with Crippen molar-refractivity contribution >= 4 is 17.2 Å². The van der Waals surface area contributed by atoms with Crippen molar-refractivity contribution in [2.24, 2.45) is 5.73 Å². The van der Waals surface area contributed by atoms with E-state index in [-0.39, 0.29) is 16.4 Å². The van der Waals surface area contributed by atoms with Gasteiger partial charge in [-0.3, -0.25) is 0 Å². The minimum Gasteiger partial charge on any atom is -0.389 e. The molecule has 88 valence electrons. The molecule has 2 N–H and O–H groups in total. The van der Waals surface area contributed by atoms with Crippen molar-refractivity contribution in [2.45, 2.75) is 13.5 Å². The molecule has 0 unspecified atom stereocenters. The summed E-state index contributed by atoms with van der Waals surface area (Å²) in [5.74, 6) is 0.523. The van der Waals surface area contributed by atoms with Crippen molar-refractivity contribution in [1.29, 1.82) is 0 Å². The molecule has 0 amide bonds. The lowest BCUT2D eigenvalue weighted by atomic mass is 10.1. The van der Waals surface area contributed by atoms with Crippen molar-refractivity contribution in [3.05, 3.63) is 53.4 Å². The van der Waals surface area contributed by atoms with Crippen molar-refractivity contribution in [3.63, 3.8) is 0 Å². The number of nitrogens with two attached hydrogens (primary N) is 1. The first-order valence-corrected chi connectivity index (χ1v) is 5.54. The molecule has 2 rings (SSSR count). The normalized spacial score (nSPS) is 10.5. The molecule has 0 aliphatic heterocycles. The lowest BCUT2D eigenvalue weighted by Gasteiger charge is -2.07. The first-order chi connectivity index (χ1) is 8.08. The van der Waals surface area contributed by atoms with Crippen LogP contribution in [0.4, 0.5) is 4.39 Å². The van der Waals surface area contributed by atoms with Crippen LogP contribution >= 0.6 is 12.2 Å². The number of hydrogen-bond donors (Lipinski definition) is 1. The summed E-state index contributed by atoms with van der Waals surface area (Å²) < 4.78 is 15.4. The Bertz CT molecular complexity index is 563. The summed E-state index contributed by atoms with van der Waals surface area (Å²) in [4.78, 5) is 4.20. The van der Waals surface area contributed by atoms with Crippen molar-refractivity contribution in [1.82, 2.24) is 9.55 Å². The predicted molar refractivity (Wildman–Crippen MR) is 68.4 cm³/mol. The Kier molecular flexibility index (Phi) is 3.19. The molecule has 0 saturated heterocycles. The van der Waals surface area contributed by atoms with Gasteiger partial charge in [0.05, 0.1) is 0 Å². The zero-order chi connectivity index (χ0) is 12.4. The SMILES string of the molecule is Cc1nccn1Cc1ccc(F)c(C(N)=S)c1. The molecule has 0 atom stereocenters. The quantitative estimate of drug-likeness (QED) is 0.846. The van der Waals surface area contributed by atoms with Gasteiger partial charge in [-0.1, -0.05) is 18.3 Å². The second-order valence-corrected chi connectivity index (χ2v) is 4.22. The number of rotatable bonds is 3. The Morgan fingerprint density at radius 3 is 2.88 bits per heavy atom. The van der Waals surface area contributed by atoms with E-state index in [2.05, 4.69) is 4.98 Å². The van der Waals surface area contributed by atoms with E-state index in [0.29, 0.717) is 6.54 Å². The van der Waals surface area contributed by atoms with E-state index in [1.165, 1.54) is 6.07 Å². The van der Waals surface area contributed by atoms with Gasteiger partial charge in [0.2, 0.25) is 0 Å². The summed E-state index contributed by atoms with van der Waals surface area (Å²) in [5, 5.41) is 0. The maximum Gasteiger partial charge on any atom is 0.133 e. The summed E-state index contributed by atoms with van der Waals surface area (Å²) in [6.45, 7) is 2.54. The molecule has 0 aliphatic carbocycles. The zero-order valence-corrected chi connectivity index (χ0v) is 10.2. The van der Waals surface area contributed by atoms with Gasteiger partial charge in [-0.25, -0.2) is 9.37 Å². The van der Waals surface area contributed by atoms with Crippen LogP contribution in [0.25, 0.3) is 0 Å². The van der Waals surface area contributed by atoms with Crippen LogP contribution in [0.3, 0.4) is 0 Å². The van der Waals surface area contributed by atoms with Gasteiger partial charge >= 0.3 is 0 Å². The Morgan fingerprint density at radius 2 is 2.29 bits per heavy atom. The van der Waals surface area contributed by atoms with Gasteiger partial charge in [0.1, 0.15) is 16.6 Å². The maximum atomic E-state index is 13.4. The number of imidazole rings is 1. The van der Waals surface area contributed by atoms with Crippen LogP contribution in [0.2, 0.25) is 0 Å². The maximum absolute atomic E-state index is 13.4. The molecule has 2 aromatic rings. The smallest absolute Gasteiger partial charge is 0.133 e. The molecule has 0 fully saturated rings. The summed E-state index contributed by atoms with van der Waals surface area (Å²) in [5.41, 5.74) is 6.69. The van der Waals surface area contributed by atoms with E-state index in [4.69, 9.17) is 18.0 Å². The van der Waals surface area contributed by atoms with Crippen LogP contribution in [-0.2, 0) is 6.54 Å². The monoisotopic (exact) mass is 249 g/mol. The molecule has 0 aliphatic rings. The first-order valence-electron chi connectivity index (χ1n) is 5.14. The van der Waals surface area contributed by atoms with Crippen LogP contribution in [0.15, 0.2) is 30.6 Å². The standard InChI is InChI=1S/C12H12FN3S/c1-8-15-4-5-16(8)7-9-2-3-11(13)10(6-9)12(14)17/h2-6H,7H2,1H3,(H2,14,17). The Labute approximate surface area is 104 Å². The number of nitrogens with zero attached hydrogens (tertiary/aromatic N) is 2. The summed E-state index contributed by atoms with van der Waals surface area (Å²) >= 11 is 4.80. The third kappa shape index (κ3) is 2.50. The van der Waals surface area contributed by atoms with Crippen LogP contribution in [0.1, 0.15) is 17.0 Å². The lowest BCUT2D eigenvalue weighted by Crippen LogP contribution is -2.12. The second kappa shape index (κ2) is 4.63. The Hall–Kier alpha value is -1.75. The van der Waals surface area contributed by atoms with Crippen molar-refractivity contribution in [3.8, 4) is 0 Å². The van der Waals surface area contributed by atoms with Crippen LogP contribution < -0.4 is 5.73 Å². The molecule has 5 heteroatoms. The fourth-order valence-corrected chi connectivity index (χ4v) is 1.78. The minimum atomic E-state index is -0.386. The van der Waals surface area contributed by atoms with Gasteiger partial charge < -0.3 is 10.3 Å². The molecule has 17 heavy (non-hydrogen) atoms. The molecule has 0 radical (unpaired) electrons. The number of aromatic nitrogens is 2. The third-order valence-electron chi connectivity index (χ3n) is 2.57. The van der Waals surface area contributed by atoms with Crippen LogP contribution in [0.5, 0.6) is 0 Å². The third-order valence-corrected chi connectivity index (χ3v) is 2.79. The number of hydrogen-bond acceptors (Lipinski definition) is 2. The topological polar surface area (TPSA) is 43.8 Å². The Morgan fingerprint density at radius 1 is 1.53 bits per heavy atom. The first kappa shape index (κ1) is 11.7. The lowest BCUT2D eigenvalue weighted by molar-refractivity contribution is 0.623. The van der Waals surface area contributed by atoms with E-state index < -0.39 is 0 Å². The molecule has 0 saturated carbocycles. The van der Waals surface area contributed by atoms with Gasteiger partial charge in [0.15, 0.2) is 0 Å². The molecular weight excluding hydrogens is 237 g/mol. The molecule has 1 aromatic carbocycles. The number of halogens is 1. The zero-order valence-electron chi connectivity index (χ0n) is 9.35. The second-order valence-electron chi connectivity index (χ2n) is 3.78. The van der Waals surface area contributed by atoms with E-state index in [0.717, 1.165) is 11.4 Å². The predicted octanol–water partition coefficient (Wildman–Crippen LogP) is 2.01. The number of thiocarbonyl (C=S) groups is 1. The highest BCUT2D eigenvalue weighted by Gasteiger charge is 2.07. The fraction of sp³-hybridized carbons (Fsp3) is 0.167. The summed E-state index contributed by atoms with van der Waals surface area (Å²) in [7, 11) is 0. The summed E-state index contributed by atoms with van der Waals surface area (Å²) in [6.07, 6.45) is 3.60. The molecule has 0 bridgehead atoms. The highest BCUT2D eigenvalue weighted by molar-refractivity contribution is 7.80. The van der Waals surface area contributed by atoms with Crippen molar-refractivity contribution < 1.29 is 4.39 Å². The molecule has 0 spiro atoms. The number of benzene rings is 1. The largest absolute Gasteiger partial charge is 0.389 e. The van der Waals surface area contributed by atoms with Gasteiger partial charge in [-0.05, 0) is 24.6 Å². The van der Waals surface area contributed by atoms with E-state index in [9.17, 15) is 4.39 Å². The average Bonchev–Trinajstić information content (AvgIpc) is 2.67. The average molecular weight is 249 g/mol. The van der Waals surface area contributed by atoms with Crippen LogP contribution in [0, 0.1) is 12.7 Å². The van der Waals surface area contributed by atoms with Gasteiger partial charge in [0.25, 0.3) is 0 Å². The molecule has 3 nitrogen and oxygen atoms in total. The highest BCUT2D eigenvalue weighted by atomic mass is 32.1. The molecular formula is C12H12FN3S. The molecule has 1 aromatic heterocycles. The summed E-state index contributed by atoms with van der Waals surface area (Å²) in [6, 6.07) is 4.78. The number of aryl methyl sites for hydroxylation is 1. The van der Waals surface area contributed by atoms with Crippen molar-refractivity contribution in [2.75, 3.05) is 0 Å². The van der Waals surface area contributed by atoms with Crippen LogP contribution in [-0.4, -0.2) is 14.5 Å². The minimum absolute atomic E-state index is 0.0757. The fourth-order valence-electron chi connectivity index (χ4n) is 1.63. The van der Waals surface area contributed by atoms with Gasteiger partial charge in [0, 0.05) is 24.5 Å². The van der Waals surface area contributed by atoms with E-state index in [1.807, 2.05) is 17.7 Å². The van der Waals surface area contributed by atoms with E-state index in [1.54, 1.807) is 18.3 Å². The molecule has 1 heterocycles. The van der Waals surface area contributed by atoms with Gasteiger partial charge in [-0.2, -0.15) is 0 Å².